The van der Waals surface area contributed by atoms with Crippen LogP contribution in [0.4, 0.5) is 0 Å². The van der Waals surface area contributed by atoms with Crippen molar-refractivity contribution in [2.75, 3.05) is 7.11 Å². The summed E-state index contributed by atoms with van der Waals surface area (Å²) in [7, 11) is 1.63. The number of hydrogen-bond donors (Lipinski definition) is 1. The van der Waals surface area contributed by atoms with Crippen LogP contribution in [-0.4, -0.2) is 26.5 Å². The Balaban J connectivity index is 1.81. The first kappa shape index (κ1) is 15.8. The van der Waals surface area contributed by atoms with E-state index in [0.29, 0.717) is 16.9 Å². The van der Waals surface area contributed by atoms with Gasteiger partial charge in [-0.2, -0.15) is 0 Å². The summed E-state index contributed by atoms with van der Waals surface area (Å²) in [5.74, 6) is 0.767. The first-order valence-corrected chi connectivity index (χ1v) is 9.22. The molecule has 5 rings (SSSR count). The van der Waals surface area contributed by atoms with Crippen molar-refractivity contribution >= 4 is 27.3 Å². The van der Waals surface area contributed by atoms with Gasteiger partial charge in [-0.15, -0.1) is 11.3 Å². The molecule has 0 aliphatic rings. The summed E-state index contributed by atoms with van der Waals surface area (Å²) in [6.45, 7) is 0. The number of benzene rings is 2. The molecule has 5 aromatic rings. The zero-order valence-electron chi connectivity index (χ0n) is 14.3. The van der Waals surface area contributed by atoms with Crippen LogP contribution in [0.5, 0.6) is 5.75 Å². The van der Waals surface area contributed by atoms with Crippen LogP contribution in [0.3, 0.4) is 0 Å². The number of nitrogens with one attached hydrogen (secondary N) is 1. The van der Waals surface area contributed by atoms with Crippen LogP contribution in [0.25, 0.3) is 38.6 Å². The molecule has 3 heterocycles. The zero-order valence-corrected chi connectivity index (χ0v) is 15.2. The van der Waals surface area contributed by atoms with E-state index in [0.717, 1.165) is 27.5 Å². The van der Waals surface area contributed by atoms with Gasteiger partial charge in [0.2, 0.25) is 0 Å². The highest BCUT2D eigenvalue weighted by molar-refractivity contribution is 7.15. The Kier molecular flexibility index (Phi) is 3.54. The largest absolute Gasteiger partial charge is 0.497 e. The molecule has 27 heavy (non-hydrogen) atoms. The van der Waals surface area contributed by atoms with Crippen LogP contribution in [0, 0.1) is 0 Å². The zero-order chi connectivity index (χ0) is 18.4. The number of ether oxygens (including phenoxy) is 1. The predicted octanol–water partition coefficient (Wildman–Crippen LogP) is 3.97. The van der Waals surface area contributed by atoms with Crippen molar-refractivity contribution in [1.82, 2.24) is 19.4 Å². The van der Waals surface area contributed by atoms with Crippen molar-refractivity contribution in [1.29, 1.82) is 0 Å². The summed E-state index contributed by atoms with van der Waals surface area (Å²) in [5.41, 5.74) is 3.86. The molecule has 0 bridgehead atoms. The van der Waals surface area contributed by atoms with Gasteiger partial charge in [0, 0.05) is 17.1 Å². The van der Waals surface area contributed by atoms with E-state index in [9.17, 15) is 4.79 Å². The summed E-state index contributed by atoms with van der Waals surface area (Å²) in [5, 5.41) is 1.94. The quantitative estimate of drug-likeness (QED) is 0.519. The lowest BCUT2D eigenvalue weighted by atomic mass is 10.1. The van der Waals surface area contributed by atoms with E-state index in [1.807, 2.05) is 64.5 Å². The third kappa shape index (κ3) is 2.51. The second-order valence-electron chi connectivity index (χ2n) is 6.02. The van der Waals surface area contributed by atoms with E-state index in [1.54, 1.807) is 7.11 Å². The van der Waals surface area contributed by atoms with Crippen molar-refractivity contribution in [3.8, 4) is 28.4 Å². The van der Waals surface area contributed by atoms with Gasteiger partial charge in [0.15, 0.2) is 10.7 Å². The molecule has 132 valence electrons. The number of aromatic nitrogens is 4. The molecule has 0 radical (unpaired) electrons. The number of rotatable bonds is 3. The highest BCUT2D eigenvalue weighted by Crippen LogP contribution is 2.33. The highest BCUT2D eigenvalue weighted by Gasteiger charge is 2.21. The average molecular weight is 374 g/mol. The van der Waals surface area contributed by atoms with Crippen LogP contribution in [0.2, 0.25) is 0 Å². The van der Waals surface area contributed by atoms with E-state index in [4.69, 9.17) is 9.72 Å². The lowest BCUT2D eigenvalue weighted by molar-refractivity contribution is 0.415. The average Bonchev–Trinajstić information content (AvgIpc) is 3.29. The normalized spacial score (nSPS) is 11.3. The van der Waals surface area contributed by atoms with Gasteiger partial charge in [-0.25, -0.2) is 9.97 Å². The van der Waals surface area contributed by atoms with Gasteiger partial charge >= 0.3 is 0 Å². The molecular weight excluding hydrogens is 360 g/mol. The molecule has 0 fully saturated rings. The highest BCUT2D eigenvalue weighted by atomic mass is 32.1. The Morgan fingerprint density at radius 2 is 1.85 bits per heavy atom. The number of H-pyrrole nitrogens is 1. The van der Waals surface area contributed by atoms with Gasteiger partial charge in [0.1, 0.15) is 17.1 Å². The standard InChI is InChI=1S/C20H14N4O2S/c1-26-13-8-6-12(7-9-13)16-18(24-10-11-27-20(24)23-16)17-19(25)22-15-5-3-2-4-14(15)21-17/h2-11H,1H3,(H,22,25). The number of nitrogens with zero attached hydrogens (tertiary/aromatic N) is 3. The summed E-state index contributed by atoms with van der Waals surface area (Å²) in [6.07, 6.45) is 1.91. The fraction of sp³-hybridized carbons (Fsp3) is 0.0500. The maximum atomic E-state index is 12.8. The minimum atomic E-state index is -0.239. The monoisotopic (exact) mass is 374 g/mol. The van der Waals surface area contributed by atoms with Crippen molar-refractivity contribution in [3.63, 3.8) is 0 Å². The molecule has 0 spiro atoms. The van der Waals surface area contributed by atoms with Crippen molar-refractivity contribution in [2.24, 2.45) is 0 Å². The van der Waals surface area contributed by atoms with E-state index >= 15 is 0 Å². The number of methoxy groups -OCH3 is 1. The molecule has 0 saturated carbocycles. The Morgan fingerprint density at radius 3 is 2.67 bits per heavy atom. The fourth-order valence-corrected chi connectivity index (χ4v) is 3.87. The molecule has 3 aromatic heterocycles. The van der Waals surface area contributed by atoms with Gasteiger partial charge in [0.05, 0.1) is 18.1 Å². The van der Waals surface area contributed by atoms with Crippen LogP contribution in [-0.2, 0) is 0 Å². The van der Waals surface area contributed by atoms with Crippen molar-refractivity contribution in [3.05, 3.63) is 70.5 Å². The summed E-state index contributed by atoms with van der Waals surface area (Å²) >= 11 is 1.52. The minimum absolute atomic E-state index is 0.239. The van der Waals surface area contributed by atoms with E-state index in [2.05, 4.69) is 9.97 Å². The minimum Gasteiger partial charge on any atom is -0.497 e. The van der Waals surface area contributed by atoms with Crippen LogP contribution in [0.1, 0.15) is 0 Å². The molecule has 0 unspecified atom stereocenters. The van der Waals surface area contributed by atoms with Gasteiger partial charge in [-0.1, -0.05) is 12.1 Å². The topological polar surface area (TPSA) is 72.3 Å². The molecule has 0 aliphatic heterocycles. The first-order chi connectivity index (χ1) is 13.2. The predicted molar refractivity (Wildman–Crippen MR) is 106 cm³/mol. The van der Waals surface area contributed by atoms with Crippen LogP contribution in [0.15, 0.2) is 64.9 Å². The van der Waals surface area contributed by atoms with Crippen LogP contribution < -0.4 is 10.3 Å². The molecule has 7 heteroatoms. The summed E-state index contributed by atoms with van der Waals surface area (Å²) < 4.78 is 7.15. The summed E-state index contributed by atoms with van der Waals surface area (Å²) in [6, 6.07) is 15.1. The first-order valence-electron chi connectivity index (χ1n) is 8.34. The molecule has 0 amide bonds. The van der Waals surface area contributed by atoms with Gasteiger partial charge in [0.25, 0.3) is 5.56 Å². The second kappa shape index (κ2) is 6.07. The van der Waals surface area contributed by atoms with Gasteiger partial charge in [-0.3, -0.25) is 9.20 Å². The smallest absolute Gasteiger partial charge is 0.276 e. The number of thiazole rings is 1. The Morgan fingerprint density at radius 1 is 1.04 bits per heavy atom. The van der Waals surface area contributed by atoms with E-state index in [-0.39, 0.29) is 5.56 Å². The molecule has 0 aliphatic carbocycles. The maximum absolute atomic E-state index is 12.8. The third-order valence-electron chi connectivity index (χ3n) is 4.45. The van der Waals surface area contributed by atoms with E-state index < -0.39 is 0 Å². The second-order valence-corrected chi connectivity index (χ2v) is 6.90. The number of imidazole rings is 1. The lowest BCUT2D eigenvalue weighted by Crippen LogP contribution is -2.12. The third-order valence-corrected chi connectivity index (χ3v) is 5.21. The fourth-order valence-electron chi connectivity index (χ4n) is 3.15. The Hall–Kier alpha value is -3.45. The molecule has 2 aromatic carbocycles. The molecule has 6 nitrogen and oxygen atoms in total. The number of hydrogen-bond acceptors (Lipinski definition) is 5. The van der Waals surface area contributed by atoms with Crippen molar-refractivity contribution in [2.45, 2.75) is 0 Å². The number of fused-ring (bicyclic) bond motifs is 2. The SMILES string of the molecule is COc1ccc(-c2nc3sccn3c2-c2nc3ccccc3[nH]c2=O)cc1. The van der Waals surface area contributed by atoms with Gasteiger partial charge < -0.3 is 9.72 Å². The van der Waals surface area contributed by atoms with Crippen LogP contribution >= 0.6 is 11.3 Å². The molecule has 0 saturated heterocycles. The summed E-state index contributed by atoms with van der Waals surface area (Å²) in [4.78, 5) is 25.9. The Bertz CT molecular complexity index is 1330. The van der Waals surface area contributed by atoms with Gasteiger partial charge in [-0.05, 0) is 36.4 Å². The number of para-hydroxylation sites is 2. The maximum Gasteiger partial charge on any atom is 0.276 e. The molecule has 0 atom stereocenters. The van der Waals surface area contributed by atoms with Crippen molar-refractivity contribution < 1.29 is 4.74 Å². The lowest BCUT2D eigenvalue weighted by Gasteiger charge is -2.06. The number of aromatic amines is 1. The Labute approximate surface area is 157 Å². The molecule has 1 N–H and O–H groups in total. The van der Waals surface area contributed by atoms with E-state index in [1.165, 1.54) is 11.3 Å². The molecular formula is C20H14N4O2S.